The van der Waals surface area contributed by atoms with E-state index < -0.39 is 0 Å². The topological polar surface area (TPSA) is 52.8 Å². The first-order chi connectivity index (χ1) is 12.7. The molecule has 2 aromatic heterocycles. The maximum absolute atomic E-state index is 12.7. The number of ether oxygens (including phenoxy) is 2. The van der Waals surface area contributed by atoms with Gasteiger partial charge in [0.2, 0.25) is 0 Å². The molecule has 2 saturated carbocycles. The van der Waals surface area contributed by atoms with Crippen LogP contribution in [0.1, 0.15) is 59.9 Å². The molecule has 0 amide bonds. The van der Waals surface area contributed by atoms with Gasteiger partial charge in [-0.1, -0.05) is 13.3 Å². The van der Waals surface area contributed by atoms with Crippen LogP contribution >= 0.6 is 0 Å². The number of hydrogen-bond donors (Lipinski definition) is 0. The average molecular weight is 356 g/mol. The van der Waals surface area contributed by atoms with Crippen LogP contribution in [0.15, 0.2) is 12.1 Å². The second kappa shape index (κ2) is 7.03. The minimum absolute atomic E-state index is 0.301. The summed E-state index contributed by atoms with van der Waals surface area (Å²) in [5.41, 5.74) is 4.59. The van der Waals surface area contributed by atoms with Crippen LogP contribution in [0, 0.1) is 17.8 Å². The fourth-order valence-electron chi connectivity index (χ4n) is 5.23. The first-order valence-corrected chi connectivity index (χ1v) is 9.75. The molecule has 0 N–H and O–H groups in total. The summed E-state index contributed by atoms with van der Waals surface area (Å²) < 4.78 is 12.5. The number of hydrogen-bond acceptors (Lipinski definition) is 4. The van der Waals surface area contributed by atoms with Crippen molar-refractivity contribution in [2.45, 2.75) is 52.1 Å². The molecule has 5 nitrogen and oxygen atoms in total. The lowest BCUT2D eigenvalue weighted by atomic mass is 9.83. The van der Waals surface area contributed by atoms with Crippen LogP contribution in [0.5, 0.6) is 0 Å². The van der Waals surface area contributed by atoms with Gasteiger partial charge in [-0.2, -0.15) is 5.10 Å². The molecule has 2 aliphatic carbocycles. The Morgan fingerprint density at radius 2 is 2.12 bits per heavy atom. The molecule has 3 atom stereocenters. The van der Waals surface area contributed by atoms with Crippen molar-refractivity contribution >= 4 is 11.5 Å². The van der Waals surface area contributed by atoms with Crippen molar-refractivity contribution in [2.24, 2.45) is 17.8 Å². The Labute approximate surface area is 154 Å². The Hall–Kier alpha value is -1.88. The van der Waals surface area contributed by atoms with Crippen LogP contribution in [0.4, 0.5) is 0 Å². The SMILES string of the molecule is CCc1ccc2c(CC3CC4CCC3C4)c(C(=O)OC)c(COC)nn12. The molecular formula is C21H28N2O3. The zero-order valence-electron chi connectivity index (χ0n) is 16.0. The third kappa shape index (κ3) is 2.82. The van der Waals surface area contributed by atoms with E-state index in [1.165, 1.54) is 32.8 Å². The summed E-state index contributed by atoms with van der Waals surface area (Å²) in [6.07, 6.45) is 7.22. The molecule has 2 bridgehead atoms. The van der Waals surface area contributed by atoms with Gasteiger partial charge in [0, 0.05) is 12.8 Å². The lowest BCUT2D eigenvalue weighted by Gasteiger charge is -2.24. The van der Waals surface area contributed by atoms with Gasteiger partial charge in [-0.15, -0.1) is 0 Å². The summed E-state index contributed by atoms with van der Waals surface area (Å²) in [5.74, 6) is 2.06. The van der Waals surface area contributed by atoms with Crippen molar-refractivity contribution in [3.63, 3.8) is 0 Å². The standard InChI is InChI=1S/C21H28N2O3/c1-4-16-7-8-19-17(11-15-10-13-5-6-14(15)9-13)20(21(24)26-3)18(12-25-2)22-23(16)19/h7-8,13-15H,4-6,9-12H2,1-3H3. The summed E-state index contributed by atoms with van der Waals surface area (Å²) >= 11 is 0. The van der Waals surface area contributed by atoms with E-state index in [0.29, 0.717) is 23.8 Å². The largest absolute Gasteiger partial charge is 0.465 e. The van der Waals surface area contributed by atoms with E-state index in [1.54, 1.807) is 7.11 Å². The Morgan fingerprint density at radius 1 is 1.27 bits per heavy atom. The fourth-order valence-corrected chi connectivity index (χ4v) is 5.23. The first kappa shape index (κ1) is 17.5. The quantitative estimate of drug-likeness (QED) is 0.739. The van der Waals surface area contributed by atoms with Gasteiger partial charge >= 0.3 is 5.97 Å². The second-order valence-electron chi connectivity index (χ2n) is 7.84. The van der Waals surface area contributed by atoms with E-state index in [4.69, 9.17) is 14.6 Å². The zero-order valence-corrected chi connectivity index (χ0v) is 16.0. The van der Waals surface area contributed by atoms with Crippen molar-refractivity contribution in [2.75, 3.05) is 14.2 Å². The Bertz CT molecular complexity index is 826. The van der Waals surface area contributed by atoms with E-state index in [0.717, 1.165) is 41.5 Å². The molecule has 0 aliphatic heterocycles. The van der Waals surface area contributed by atoms with Crippen molar-refractivity contribution < 1.29 is 14.3 Å². The number of carbonyl (C=O) groups is 1. The molecule has 140 valence electrons. The molecule has 3 unspecified atom stereocenters. The Morgan fingerprint density at radius 3 is 2.73 bits per heavy atom. The summed E-state index contributed by atoms with van der Waals surface area (Å²) in [7, 11) is 3.08. The molecule has 2 aromatic rings. The van der Waals surface area contributed by atoms with Gasteiger partial charge in [0.25, 0.3) is 0 Å². The number of carbonyl (C=O) groups excluding carboxylic acids is 1. The predicted molar refractivity (Wildman–Crippen MR) is 99.3 cm³/mol. The molecular weight excluding hydrogens is 328 g/mol. The van der Waals surface area contributed by atoms with Gasteiger partial charge in [-0.05, 0) is 67.6 Å². The molecule has 2 aliphatic rings. The van der Waals surface area contributed by atoms with Gasteiger partial charge in [0.1, 0.15) is 5.69 Å². The molecule has 5 heteroatoms. The van der Waals surface area contributed by atoms with Crippen LogP contribution < -0.4 is 0 Å². The highest BCUT2D eigenvalue weighted by Gasteiger charge is 2.40. The fraction of sp³-hybridized carbons (Fsp3) is 0.619. The van der Waals surface area contributed by atoms with Gasteiger partial charge < -0.3 is 9.47 Å². The second-order valence-corrected chi connectivity index (χ2v) is 7.84. The molecule has 4 rings (SSSR count). The Balaban J connectivity index is 1.85. The molecule has 0 aromatic carbocycles. The van der Waals surface area contributed by atoms with Gasteiger partial charge in [0.15, 0.2) is 0 Å². The van der Waals surface area contributed by atoms with Crippen LogP contribution in [0.25, 0.3) is 5.52 Å². The third-order valence-electron chi connectivity index (χ3n) is 6.44. The first-order valence-electron chi connectivity index (χ1n) is 9.75. The van der Waals surface area contributed by atoms with Gasteiger partial charge in [-0.3, -0.25) is 0 Å². The number of nitrogens with zero attached hydrogens (tertiary/aromatic N) is 2. The molecule has 2 heterocycles. The maximum Gasteiger partial charge on any atom is 0.340 e. The lowest BCUT2D eigenvalue weighted by Crippen LogP contribution is -2.20. The Kier molecular flexibility index (Phi) is 4.74. The van der Waals surface area contributed by atoms with Crippen molar-refractivity contribution in [1.29, 1.82) is 0 Å². The molecule has 0 saturated heterocycles. The van der Waals surface area contributed by atoms with Crippen molar-refractivity contribution in [1.82, 2.24) is 9.61 Å². The minimum atomic E-state index is -0.301. The van der Waals surface area contributed by atoms with Gasteiger partial charge in [0.05, 0.1) is 24.8 Å². The summed E-state index contributed by atoms with van der Waals surface area (Å²) in [6.45, 7) is 2.44. The van der Waals surface area contributed by atoms with Crippen molar-refractivity contribution in [3.05, 3.63) is 34.6 Å². The van der Waals surface area contributed by atoms with Gasteiger partial charge in [-0.25, -0.2) is 9.31 Å². The number of esters is 1. The highest BCUT2D eigenvalue weighted by atomic mass is 16.5. The summed E-state index contributed by atoms with van der Waals surface area (Å²) in [4.78, 5) is 12.7. The molecule has 26 heavy (non-hydrogen) atoms. The van der Waals surface area contributed by atoms with E-state index in [9.17, 15) is 4.79 Å². The highest BCUT2D eigenvalue weighted by Crippen LogP contribution is 2.49. The molecule has 0 spiro atoms. The number of methoxy groups -OCH3 is 2. The van der Waals surface area contributed by atoms with E-state index in [1.807, 2.05) is 4.52 Å². The van der Waals surface area contributed by atoms with Crippen LogP contribution in [0.3, 0.4) is 0 Å². The zero-order chi connectivity index (χ0) is 18.3. The monoisotopic (exact) mass is 356 g/mol. The number of aryl methyl sites for hydroxylation is 1. The molecule has 0 radical (unpaired) electrons. The van der Waals surface area contributed by atoms with Crippen LogP contribution in [-0.4, -0.2) is 29.8 Å². The molecule has 2 fully saturated rings. The van der Waals surface area contributed by atoms with Crippen molar-refractivity contribution in [3.8, 4) is 0 Å². The summed E-state index contributed by atoms with van der Waals surface area (Å²) in [6, 6.07) is 4.22. The average Bonchev–Trinajstić information content (AvgIpc) is 3.36. The van der Waals surface area contributed by atoms with Crippen LogP contribution in [0.2, 0.25) is 0 Å². The number of aromatic nitrogens is 2. The van der Waals surface area contributed by atoms with E-state index >= 15 is 0 Å². The normalized spacial score (nSPS) is 24.5. The number of fused-ring (bicyclic) bond motifs is 3. The van der Waals surface area contributed by atoms with E-state index in [2.05, 4.69) is 19.1 Å². The van der Waals surface area contributed by atoms with E-state index in [-0.39, 0.29) is 5.97 Å². The van der Waals surface area contributed by atoms with Crippen LogP contribution in [-0.2, 0) is 28.9 Å². The third-order valence-corrected chi connectivity index (χ3v) is 6.44. The minimum Gasteiger partial charge on any atom is -0.465 e. The smallest absolute Gasteiger partial charge is 0.340 e. The number of rotatable bonds is 6. The maximum atomic E-state index is 12.7. The predicted octanol–water partition coefficient (Wildman–Crippen LogP) is 3.81. The highest BCUT2D eigenvalue weighted by molar-refractivity contribution is 5.94. The lowest BCUT2D eigenvalue weighted by molar-refractivity contribution is 0.0592. The summed E-state index contributed by atoms with van der Waals surface area (Å²) in [5, 5.41) is 4.74.